The summed E-state index contributed by atoms with van der Waals surface area (Å²) >= 11 is 6.00. The molecular weight excluding hydrogens is 306 g/mol. The molecule has 2 N–H and O–H groups in total. The summed E-state index contributed by atoms with van der Waals surface area (Å²) in [5.41, 5.74) is 0.715. The van der Waals surface area contributed by atoms with Crippen LogP contribution in [-0.4, -0.2) is 50.0 Å². The van der Waals surface area contributed by atoms with Gasteiger partial charge in [-0.2, -0.15) is 0 Å². The first-order valence-electron chi connectivity index (χ1n) is 7.22. The fraction of sp³-hybridized carbons (Fsp3) is 0.467. The Labute approximate surface area is 134 Å². The number of hydrogen-bond acceptors (Lipinski definition) is 4. The Morgan fingerprint density at radius 1 is 1.27 bits per heavy atom. The topological polar surface area (TPSA) is 70.7 Å². The van der Waals surface area contributed by atoms with Crippen LogP contribution in [0.15, 0.2) is 18.2 Å². The third kappa shape index (κ3) is 4.53. The van der Waals surface area contributed by atoms with E-state index < -0.39 is 0 Å². The number of carbonyl (C=O) groups excluding carboxylic acids is 2. The Kier molecular flexibility index (Phi) is 5.89. The molecule has 0 aromatic heterocycles. The van der Waals surface area contributed by atoms with Crippen molar-refractivity contribution < 1.29 is 14.3 Å². The van der Waals surface area contributed by atoms with E-state index in [-0.39, 0.29) is 24.9 Å². The fourth-order valence-corrected chi connectivity index (χ4v) is 2.53. The number of benzene rings is 1. The zero-order valence-corrected chi connectivity index (χ0v) is 13.3. The maximum absolute atomic E-state index is 11.8. The van der Waals surface area contributed by atoms with Crippen LogP contribution in [-0.2, 0) is 9.59 Å². The number of nitrogens with zero attached hydrogens (tertiary/aromatic N) is 1. The van der Waals surface area contributed by atoms with Gasteiger partial charge in [-0.3, -0.25) is 9.59 Å². The quantitative estimate of drug-likeness (QED) is 0.831. The largest absolute Gasteiger partial charge is 0.495 e. The van der Waals surface area contributed by atoms with E-state index in [0.717, 1.165) is 25.9 Å². The van der Waals surface area contributed by atoms with Gasteiger partial charge in [0.25, 0.3) is 0 Å². The lowest BCUT2D eigenvalue weighted by Crippen LogP contribution is -2.40. The highest BCUT2D eigenvalue weighted by atomic mass is 35.5. The molecular formula is C15H20ClN3O3. The Morgan fingerprint density at radius 2 is 2.00 bits per heavy atom. The zero-order chi connectivity index (χ0) is 15.9. The second-order valence-corrected chi connectivity index (χ2v) is 5.47. The molecule has 1 fully saturated rings. The van der Waals surface area contributed by atoms with Crippen molar-refractivity contribution in [3.05, 3.63) is 23.2 Å². The van der Waals surface area contributed by atoms with Crippen molar-refractivity contribution in [2.24, 2.45) is 0 Å². The lowest BCUT2D eigenvalue weighted by atomic mass is 10.3. The molecule has 1 aromatic carbocycles. The summed E-state index contributed by atoms with van der Waals surface area (Å²) in [4.78, 5) is 25.3. The van der Waals surface area contributed by atoms with Crippen LogP contribution in [0.3, 0.4) is 0 Å². The summed E-state index contributed by atoms with van der Waals surface area (Å²) in [5.74, 6) is 0.311. The second kappa shape index (κ2) is 7.89. The maximum atomic E-state index is 11.8. The smallest absolute Gasteiger partial charge is 0.241 e. The molecule has 7 heteroatoms. The SMILES string of the molecule is COc1ccc(NCC(=O)NCC(=O)N2CCCC2)cc1Cl. The van der Waals surface area contributed by atoms with Crippen LogP contribution in [0, 0.1) is 0 Å². The maximum Gasteiger partial charge on any atom is 0.241 e. The molecule has 1 aromatic rings. The third-order valence-electron chi connectivity index (χ3n) is 3.50. The Morgan fingerprint density at radius 3 is 2.64 bits per heavy atom. The zero-order valence-electron chi connectivity index (χ0n) is 12.5. The fourth-order valence-electron chi connectivity index (χ4n) is 2.27. The van der Waals surface area contributed by atoms with Gasteiger partial charge in [0.05, 0.1) is 25.2 Å². The summed E-state index contributed by atoms with van der Waals surface area (Å²) < 4.78 is 5.06. The number of halogens is 1. The second-order valence-electron chi connectivity index (χ2n) is 5.07. The summed E-state index contributed by atoms with van der Waals surface area (Å²) in [5, 5.41) is 6.04. The molecule has 0 radical (unpaired) electrons. The van der Waals surface area contributed by atoms with Crippen LogP contribution in [0.2, 0.25) is 5.02 Å². The van der Waals surface area contributed by atoms with Gasteiger partial charge in [0, 0.05) is 18.8 Å². The minimum atomic E-state index is -0.237. The lowest BCUT2D eigenvalue weighted by molar-refractivity contribution is -0.131. The molecule has 1 aliphatic rings. The summed E-state index contributed by atoms with van der Waals surface area (Å²) in [7, 11) is 1.54. The predicted octanol–water partition coefficient (Wildman–Crippen LogP) is 1.50. The summed E-state index contributed by atoms with van der Waals surface area (Å²) in [6.07, 6.45) is 2.08. The van der Waals surface area contributed by atoms with Crippen LogP contribution in [0.5, 0.6) is 5.75 Å². The van der Waals surface area contributed by atoms with Crippen LogP contribution in [0.25, 0.3) is 0 Å². The Bertz CT molecular complexity index is 545. The number of anilines is 1. The molecule has 22 heavy (non-hydrogen) atoms. The van der Waals surface area contributed by atoms with Crippen molar-refractivity contribution in [3.8, 4) is 5.75 Å². The van der Waals surface area contributed by atoms with Gasteiger partial charge >= 0.3 is 0 Å². The van der Waals surface area contributed by atoms with Crippen LogP contribution in [0.1, 0.15) is 12.8 Å². The van der Waals surface area contributed by atoms with Crippen molar-refractivity contribution in [1.29, 1.82) is 0 Å². The Hall–Kier alpha value is -1.95. The van der Waals surface area contributed by atoms with Crippen molar-refractivity contribution in [2.75, 3.05) is 38.6 Å². The minimum absolute atomic E-state index is 0.0293. The van der Waals surface area contributed by atoms with Gasteiger partial charge in [0.2, 0.25) is 11.8 Å². The third-order valence-corrected chi connectivity index (χ3v) is 3.80. The molecule has 2 amide bonds. The van der Waals surface area contributed by atoms with E-state index in [9.17, 15) is 9.59 Å². The molecule has 120 valence electrons. The number of amides is 2. The van der Waals surface area contributed by atoms with Gasteiger partial charge < -0.3 is 20.3 Å². The molecule has 0 bridgehead atoms. The van der Waals surface area contributed by atoms with E-state index in [1.807, 2.05) is 0 Å². The lowest BCUT2D eigenvalue weighted by Gasteiger charge is -2.15. The van der Waals surface area contributed by atoms with E-state index in [1.54, 1.807) is 30.2 Å². The highest BCUT2D eigenvalue weighted by Gasteiger charge is 2.17. The Balaban J connectivity index is 1.73. The van der Waals surface area contributed by atoms with Crippen LogP contribution >= 0.6 is 11.6 Å². The molecule has 0 atom stereocenters. The molecule has 1 aliphatic heterocycles. The van der Waals surface area contributed by atoms with E-state index in [0.29, 0.717) is 16.5 Å². The van der Waals surface area contributed by atoms with Crippen molar-refractivity contribution in [2.45, 2.75) is 12.8 Å². The summed E-state index contributed by atoms with van der Waals surface area (Å²) in [6.45, 7) is 1.70. The summed E-state index contributed by atoms with van der Waals surface area (Å²) in [6, 6.07) is 5.18. The predicted molar refractivity (Wildman–Crippen MR) is 85.3 cm³/mol. The average Bonchev–Trinajstić information content (AvgIpc) is 3.05. The standard InChI is InChI=1S/C15H20ClN3O3/c1-22-13-5-4-11(8-12(13)16)17-9-14(20)18-10-15(21)19-6-2-3-7-19/h4-5,8,17H,2-3,6-7,9-10H2,1H3,(H,18,20). The van der Waals surface area contributed by atoms with Gasteiger partial charge in [-0.1, -0.05) is 11.6 Å². The van der Waals surface area contributed by atoms with Crippen LogP contribution < -0.4 is 15.4 Å². The van der Waals surface area contributed by atoms with Gasteiger partial charge in [0.15, 0.2) is 0 Å². The molecule has 0 saturated carbocycles. The normalized spacial score (nSPS) is 13.8. The first-order valence-corrected chi connectivity index (χ1v) is 7.60. The number of likely N-dealkylation sites (tertiary alicyclic amines) is 1. The first kappa shape index (κ1) is 16.4. The van der Waals surface area contributed by atoms with Crippen molar-refractivity contribution >= 4 is 29.1 Å². The van der Waals surface area contributed by atoms with E-state index >= 15 is 0 Å². The van der Waals surface area contributed by atoms with E-state index in [2.05, 4.69) is 10.6 Å². The number of hydrogen-bond donors (Lipinski definition) is 2. The molecule has 0 aliphatic carbocycles. The highest BCUT2D eigenvalue weighted by molar-refractivity contribution is 6.32. The van der Waals surface area contributed by atoms with Gasteiger partial charge in [-0.25, -0.2) is 0 Å². The number of carbonyl (C=O) groups is 2. The van der Waals surface area contributed by atoms with E-state index in [1.165, 1.54) is 0 Å². The highest BCUT2D eigenvalue weighted by Crippen LogP contribution is 2.26. The minimum Gasteiger partial charge on any atom is -0.495 e. The average molecular weight is 326 g/mol. The molecule has 1 heterocycles. The monoisotopic (exact) mass is 325 g/mol. The van der Waals surface area contributed by atoms with Crippen LogP contribution in [0.4, 0.5) is 5.69 Å². The molecule has 6 nitrogen and oxygen atoms in total. The number of ether oxygens (including phenoxy) is 1. The molecule has 2 rings (SSSR count). The molecule has 1 saturated heterocycles. The van der Waals surface area contributed by atoms with E-state index in [4.69, 9.17) is 16.3 Å². The van der Waals surface area contributed by atoms with Gasteiger partial charge in [-0.05, 0) is 31.0 Å². The van der Waals surface area contributed by atoms with Crippen molar-refractivity contribution in [1.82, 2.24) is 10.2 Å². The first-order chi connectivity index (χ1) is 10.6. The molecule has 0 unspecified atom stereocenters. The van der Waals surface area contributed by atoms with Crippen molar-refractivity contribution in [3.63, 3.8) is 0 Å². The number of nitrogens with one attached hydrogen (secondary N) is 2. The van der Waals surface area contributed by atoms with Gasteiger partial charge in [0.1, 0.15) is 5.75 Å². The van der Waals surface area contributed by atoms with Gasteiger partial charge in [-0.15, -0.1) is 0 Å². The number of methoxy groups -OCH3 is 1. The molecule has 0 spiro atoms. The number of rotatable bonds is 6.